The smallest absolute Gasteiger partial charge is 0.303 e. The molecule has 0 aromatic carbocycles. The van der Waals surface area contributed by atoms with Crippen LogP contribution in [0.4, 0.5) is 0 Å². The molecule has 1 N–H and O–H groups in total. The molecule has 1 saturated heterocycles. The fourth-order valence-corrected chi connectivity index (χ4v) is 3.89. The summed E-state index contributed by atoms with van der Waals surface area (Å²) in [5.74, 6) is 0.215. The van der Waals surface area contributed by atoms with Crippen molar-refractivity contribution in [3.8, 4) is 0 Å². The van der Waals surface area contributed by atoms with E-state index in [0.717, 1.165) is 12.8 Å². The van der Waals surface area contributed by atoms with Crippen LogP contribution in [0.3, 0.4) is 0 Å². The maximum atomic E-state index is 12.0. The third-order valence-corrected chi connectivity index (χ3v) is 5.58. The molecule has 1 aliphatic heterocycles. The van der Waals surface area contributed by atoms with E-state index in [2.05, 4.69) is 13.8 Å². The molecule has 106 valence electrons. The van der Waals surface area contributed by atoms with Crippen molar-refractivity contribution in [1.82, 2.24) is 4.31 Å². The van der Waals surface area contributed by atoms with Crippen molar-refractivity contribution >= 4 is 16.0 Å². The van der Waals surface area contributed by atoms with E-state index in [1.165, 1.54) is 4.31 Å². The maximum absolute atomic E-state index is 12.0. The van der Waals surface area contributed by atoms with Crippen molar-refractivity contribution in [2.75, 3.05) is 18.8 Å². The fourth-order valence-electron chi connectivity index (χ4n) is 2.36. The van der Waals surface area contributed by atoms with E-state index >= 15 is 0 Å². The van der Waals surface area contributed by atoms with Gasteiger partial charge in [0.05, 0.1) is 5.75 Å². The number of sulfonamides is 1. The molecule has 0 aliphatic carbocycles. The Labute approximate surface area is 109 Å². The van der Waals surface area contributed by atoms with E-state index in [9.17, 15) is 13.2 Å². The predicted octanol–water partition coefficient (Wildman–Crippen LogP) is 1.55. The number of carboxylic acid groups (broad SMARTS) is 1. The lowest BCUT2D eigenvalue weighted by molar-refractivity contribution is -0.137. The van der Waals surface area contributed by atoms with Gasteiger partial charge in [-0.25, -0.2) is 12.7 Å². The van der Waals surface area contributed by atoms with E-state index in [4.69, 9.17) is 5.11 Å². The minimum absolute atomic E-state index is 0.0500. The Morgan fingerprint density at radius 1 is 1.33 bits per heavy atom. The van der Waals surface area contributed by atoms with Gasteiger partial charge in [-0.2, -0.15) is 0 Å². The Balaban J connectivity index is 2.43. The molecule has 0 saturated carbocycles. The third kappa shape index (κ3) is 4.57. The average molecular weight is 277 g/mol. The van der Waals surface area contributed by atoms with Crippen molar-refractivity contribution in [2.24, 2.45) is 11.8 Å². The minimum atomic E-state index is -3.26. The van der Waals surface area contributed by atoms with E-state index in [1.54, 1.807) is 0 Å². The zero-order chi connectivity index (χ0) is 13.8. The molecule has 0 radical (unpaired) electrons. The molecule has 1 heterocycles. The molecule has 0 amide bonds. The molecular formula is C12H23NO4S. The van der Waals surface area contributed by atoms with Gasteiger partial charge in [0.15, 0.2) is 0 Å². The second-order valence-electron chi connectivity index (χ2n) is 5.29. The van der Waals surface area contributed by atoms with Crippen LogP contribution < -0.4 is 0 Å². The van der Waals surface area contributed by atoms with Gasteiger partial charge in [-0.1, -0.05) is 13.8 Å². The summed E-state index contributed by atoms with van der Waals surface area (Å²) in [4.78, 5) is 10.4. The molecule has 0 bridgehead atoms. The second-order valence-corrected chi connectivity index (χ2v) is 7.38. The number of hydrogen-bond acceptors (Lipinski definition) is 3. The molecule has 0 atom stereocenters. The monoisotopic (exact) mass is 277 g/mol. The van der Waals surface area contributed by atoms with Crippen molar-refractivity contribution in [3.05, 3.63) is 0 Å². The summed E-state index contributed by atoms with van der Waals surface area (Å²) in [6.45, 7) is 5.50. The summed E-state index contributed by atoms with van der Waals surface area (Å²) in [6.07, 6.45) is 1.94. The van der Waals surface area contributed by atoms with E-state index < -0.39 is 16.0 Å². The van der Waals surface area contributed by atoms with Crippen LogP contribution in [0.1, 0.15) is 39.5 Å². The minimum Gasteiger partial charge on any atom is -0.481 e. The Hall–Kier alpha value is -0.620. The molecule has 1 aliphatic rings. The highest BCUT2D eigenvalue weighted by atomic mass is 32.2. The van der Waals surface area contributed by atoms with E-state index in [1.807, 2.05) is 0 Å². The molecule has 6 heteroatoms. The highest BCUT2D eigenvalue weighted by Gasteiger charge is 2.28. The van der Waals surface area contributed by atoms with Gasteiger partial charge in [0.2, 0.25) is 10.0 Å². The molecule has 18 heavy (non-hydrogen) atoms. The van der Waals surface area contributed by atoms with Crippen molar-refractivity contribution in [2.45, 2.75) is 39.5 Å². The zero-order valence-electron chi connectivity index (χ0n) is 11.1. The van der Waals surface area contributed by atoms with Crippen molar-refractivity contribution in [1.29, 1.82) is 0 Å². The first kappa shape index (κ1) is 15.4. The Morgan fingerprint density at radius 2 is 1.89 bits per heavy atom. The lowest BCUT2D eigenvalue weighted by atomic mass is 9.87. The average Bonchev–Trinajstić information content (AvgIpc) is 2.28. The van der Waals surface area contributed by atoms with Gasteiger partial charge in [-0.3, -0.25) is 4.79 Å². The lowest BCUT2D eigenvalue weighted by Gasteiger charge is -2.33. The van der Waals surface area contributed by atoms with Crippen LogP contribution in [0.25, 0.3) is 0 Å². The Morgan fingerprint density at radius 3 is 2.33 bits per heavy atom. The summed E-state index contributed by atoms with van der Waals surface area (Å²) < 4.78 is 25.5. The number of nitrogens with zero attached hydrogens (tertiary/aromatic N) is 1. The van der Waals surface area contributed by atoms with Crippen LogP contribution in [-0.2, 0) is 14.8 Å². The van der Waals surface area contributed by atoms with Gasteiger partial charge >= 0.3 is 5.97 Å². The number of rotatable bonds is 6. The highest BCUT2D eigenvalue weighted by molar-refractivity contribution is 7.89. The first-order valence-electron chi connectivity index (χ1n) is 6.52. The molecule has 0 spiro atoms. The van der Waals surface area contributed by atoms with Crippen molar-refractivity contribution < 1.29 is 18.3 Å². The summed E-state index contributed by atoms with van der Waals surface area (Å²) in [5, 5.41) is 8.51. The van der Waals surface area contributed by atoms with Crippen LogP contribution in [0.5, 0.6) is 0 Å². The van der Waals surface area contributed by atoms with Gasteiger partial charge in [0.25, 0.3) is 0 Å². The molecule has 0 aromatic rings. The second kappa shape index (κ2) is 6.52. The van der Waals surface area contributed by atoms with E-state index in [0.29, 0.717) is 24.9 Å². The quantitative estimate of drug-likeness (QED) is 0.799. The maximum Gasteiger partial charge on any atom is 0.303 e. The summed E-state index contributed by atoms with van der Waals surface area (Å²) in [5.41, 5.74) is 0. The van der Waals surface area contributed by atoms with Crippen LogP contribution in [0, 0.1) is 11.8 Å². The topological polar surface area (TPSA) is 74.7 Å². The third-order valence-electron chi connectivity index (χ3n) is 3.63. The summed E-state index contributed by atoms with van der Waals surface area (Å²) >= 11 is 0. The van der Waals surface area contributed by atoms with Crippen LogP contribution in [0.15, 0.2) is 0 Å². The largest absolute Gasteiger partial charge is 0.481 e. The lowest BCUT2D eigenvalue weighted by Crippen LogP contribution is -2.40. The molecule has 1 fully saturated rings. The fraction of sp³-hybridized carbons (Fsp3) is 0.917. The highest BCUT2D eigenvalue weighted by Crippen LogP contribution is 2.26. The Bertz CT molecular complexity index is 370. The first-order valence-corrected chi connectivity index (χ1v) is 8.13. The normalized spacial score (nSPS) is 19.3. The summed E-state index contributed by atoms with van der Waals surface area (Å²) in [6, 6.07) is 0. The number of piperidine rings is 1. The van der Waals surface area contributed by atoms with Crippen LogP contribution in [-0.4, -0.2) is 42.6 Å². The molecule has 0 aromatic heterocycles. The molecular weight excluding hydrogens is 254 g/mol. The van der Waals surface area contributed by atoms with Gasteiger partial charge in [0, 0.05) is 19.5 Å². The van der Waals surface area contributed by atoms with Crippen molar-refractivity contribution in [3.63, 3.8) is 0 Å². The standard InChI is InChI=1S/C12H23NO4S/c1-10(2)11-5-7-13(8-6-11)18(16,17)9-3-4-12(14)15/h10-11H,3-9H2,1-2H3,(H,14,15). The number of carbonyl (C=O) groups is 1. The number of aliphatic carboxylic acids is 1. The Kier molecular flexibility index (Phi) is 5.59. The van der Waals surface area contributed by atoms with Gasteiger partial charge < -0.3 is 5.11 Å². The van der Waals surface area contributed by atoms with Crippen LogP contribution in [0.2, 0.25) is 0 Å². The first-order chi connectivity index (χ1) is 8.33. The predicted molar refractivity (Wildman–Crippen MR) is 69.8 cm³/mol. The zero-order valence-corrected chi connectivity index (χ0v) is 11.9. The van der Waals surface area contributed by atoms with E-state index in [-0.39, 0.29) is 18.6 Å². The number of hydrogen-bond donors (Lipinski definition) is 1. The van der Waals surface area contributed by atoms with Crippen LogP contribution >= 0.6 is 0 Å². The van der Waals surface area contributed by atoms with Gasteiger partial charge in [-0.05, 0) is 31.1 Å². The SMILES string of the molecule is CC(C)C1CCN(S(=O)(=O)CCCC(=O)O)CC1. The molecule has 1 rings (SSSR count). The van der Waals surface area contributed by atoms with Gasteiger partial charge in [-0.15, -0.1) is 0 Å². The number of carboxylic acids is 1. The van der Waals surface area contributed by atoms with Gasteiger partial charge in [0.1, 0.15) is 0 Å². The molecule has 5 nitrogen and oxygen atoms in total. The molecule has 0 unspecified atom stereocenters. The summed E-state index contributed by atoms with van der Waals surface area (Å²) in [7, 11) is -3.26.